The molecular weight excluding hydrogens is 138 g/mol. The summed E-state index contributed by atoms with van der Waals surface area (Å²) in [6, 6.07) is 0. The lowest BCUT2D eigenvalue weighted by molar-refractivity contribution is -0.121. The van der Waals surface area contributed by atoms with Gasteiger partial charge in [0.2, 0.25) is 5.91 Å². The van der Waals surface area contributed by atoms with Crippen molar-refractivity contribution in [3.63, 3.8) is 0 Å². The molecule has 0 atom stereocenters. The number of terminal acetylenes is 1. The van der Waals surface area contributed by atoms with Crippen LogP contribution in [0.3, 0.4) is 0 Å². The van der Waals surface area contributed by atoms with Crippen LogP contribution in [0.25, 0.3) is 0 Å². The molecule has 0 saturated carbocycles. The zero-order chi connectivity index (χ0) is 8.53. The van der Waals surface area contributed by atoms with Crippen molar-refractivity contribution in [1.29, 1.82) is 0 Å². The molecule has 2 nitrogen and oxygen atoms in total. The van der Waals surface area contributed by atoms with E-state index in [0.29, 0.717) is 13.0 Å². The maximum atomic E-state index is 10.8. The standard InChI is InChI=1S/C9H15NO/c1-3-5-6-8-10-9(11)7-4-2/h1H,4-8H2,2H3,(H,10,11). The van der Waals surface area contributed by atoms with Crippen molar-refractivity contribution in [2.75, 3.05) is 6.54 Å². The van der Waals surface area contributed by atoms with Gasteiger partial charge in [-0.15, -0.1) is 12.3 Å². The molecule has 62 valence electrons. The van der Waals surface area contributed by atoms with E-state index in [9.17, 15) is 4.79 Å². The fourth-order valence-electron chi connectivity index (χ4n) is 0.734. The van der Waals surface area contributed by atoms with Crippen LogP contribution in [-0.2, 0) is 4.79 Å². The minimum absolute atomic E-state index is 0.129. The van der Waals surface area contributed by atoms with E-state index >= 15 is 0 Å². The minimum Gasteiger partial charge on any atom is -0.356 e. The molecule has 0 aromatic heterocycles. The number of rotatable bonds is 5. The van der Waals surface area contributed by atoms with Crippen LogP contribution in [0, 0.1) is 12.3 Å². The Kier molecular flexibility index (Phi) is 6.51. The van der Waals surface area contributed by atoms with Gasteiger partial charge in [-0.3, -0.25) is 4.79 Å². The Balaban J connectivity index is 3.12. The summed E-state index contributed by atoms with van der Waals surface area (Å²) in [6.45, 7) is 2.70. The largest absolute Gasteiger partial charge is 0.356 e. The second-order valence-electron chi connectivity index (χ2n) is 2.41. The van der Waals surface area contributed by atoms with Crippen LogP contribution in [-0.4, -0.2) is 12.5 Å². The molecule has 0 unspecified atom stereocenters. The van der Waals surface area contributed by atoms with Gasteiger partial charge < -0.3 is 5.32 Å². The van der Waals surface area contributed by atoms with Gasteiger partial charge in [0.1, 0.15) is 0 Å². The summed E-state index contributed by atoms with van der Waals surface area (Å²) in [5.41, 5.74) is 0. The molecule has 0 fully saturated rings. The van der Waals surface area contributed by atoms with Crippen molar-refractivity contribution < 1.29 is 4.79 Å². The molecule has 1 N–H and O–H groups in total. The quantitative estimate of drug-likeness (QED) is 0.468. The minimum atomic E-state index is 0.129. The lowest BCUT2D eigenvalue weighted by Crippen LogP contribution is -2.23. The number of carbonyl (C=O) groups excluding carboxylic acids is 1. The van der Waals surface area contributed by atoms with Gasteiger partial charge in [-0.2, -0.15) is 0 Å². The van der Waals surface area contributed by atoms with E-state index in [2.05, 4.69) is 11.2 Å². The molecule has 0 rings (SSSR count). The van der Waals surface area contributed by atoms with Gasteiger partial charge in [-0.05, 0) is 12.8 Å². The van der Waals surface area contributed by atoms with Crippen LogP contribution in [0.15, 0.2) is 0 Å². The maximum Gasteiger partial charge on any atom is 0.219 e. The van der Waals surface area contributed by atoms with Gasteiger partial charge >= 0.3 is 0 Å². The molecule has 0 saturated heterocycles. The van der Waals surface area contributed by atoms with E-state index in [1.807, 2.05) is 6.92 Å². The van der Waals surface area contributed by atoms with Gasteiger partial charge in [0.15, 0.2) is 0 Å². The monoisotopic (exact) mass is 153 g/mol. The van der Waals surface area contributed by atoms with Crippen molar-refractivity contribution in [2.45, 2.75) is 32.6 Å². The molecular formula is C9H15NO. The molecule has 1 amide bonds. The third kappa shape index (κ3) is 6.92. The van der Waals surface area contributed by atoms with Gasteiger partial charge in [-0.25, -0.2) is 0 Å². The highest BCUT2D eigenvalue weighted by molar-refractivity contribution is 5.75. The van der Waals surface area contributed by atoms with E-state index in [1.165, 1.54) is 0 Å². The number of nitrogens with one attached hydrogen (secondary N) is 1. The normalized spacial score (nSPS) is 8.73. The number of unbranched alkanes of at least 4 members (excludes halogenated alkanes) is 1. The first-order valence-corrected chi connectivity index (χ1v) is 4.01. The lowest BCUT2D eigenvalue weighted by atomic mass is 10.3. The number of hydrogen-bond donors (Lipinski definition) is 1. The SMILES string of the molecule is C#CCCCNC(=O)CCC. The zero-order valence-corrected chi connectivity index (χ0v) is 7.02. The highest BCUT2D eigenvalue weighted by Gasteiger charge is 1.95. The maximum absolute atomic E-state index is 10.8. The van der Waals surface area contributed by atoms with Crippen molar-refractivity contribution >= 4 is 5.91 Å². The average molecular weight is 153 g/mol. The Hall–Kier alpha value is -0.970. The summed E-state index contributed by atoms with van der Waals surface area (Å²) < 4.78 is 0. The Bertz CT molecular complexity index is 146. The Labute approximate surface area is 68.4 Å². The van der Waals surface area contributed by atoms with Crippen molar-refractivity contribution in [3.8, 4) is 12.3 Å². The van der Waals surface area contributed by atoms with E-state index in [1.54, 1.807) is 0 Å². The van der Waals surface area contributed by atoms with Crippen LogP contribution in [0.1, 0.15) is 32.6 Å². The fraction of sp³-hybridized carbons (Fsp3) is 0.667. The third-order valence-electron chi connectivity index (χ3n) is 1.30. The molecule has 0 aliphatic heterocycles. The van der Waals surface area contributed by atoms with Crippen LogP contribution in [0.4, 0.5) is 0 Å². The average Bonchev–Trinajstić information content (AvgIpc) is 1.99. The Morgan fingerprint density at radius 1 is 1.64 bits per heavy atom. The lowest BCUT2D eigenvalue weighted by Gasteiger charge is -2.00. The van der Waals surface area contributed by atoms with Crippen molar-refractivity contribution in [1.82, 2.24) is 5.32 Å². The summed E-state index contributed by atoms with van der Waals surface area (Å²) in [6.07, 6.45) is 8.19. The van der Waals surface area contributed by atoms with E-state index in [4.69, 9.17) is 6.42 Å². The van der Waals surface area contributed by atoms with E-state index < -0.39 is 0 Å². The zero-order valence-electron chi connectivity index (χ0n) is 7.02. The number of amides is 1. The molecule has 0 aliphatic carbocycles. The third-order valence-corrected chi connectivity index (χ3v) is 1.30. The second-order valence-corrected chi connectivity index (χ2v) is 2.41. The first-order chi connectivity index (χ1) is 5.31. The molecule has 0 aromatic carbocycles. The van der Waals surface area contributed by atoms with Crippen LogP contribution in [0.5, 0.6) is 0 Å². The van der Waals surface area contributed by atoms with Gasteiger partial charge in [0, 0.05) is 19.4 Å². The molecule has 0 heterocycles. The highest BCUT2D eigenvalue weighted by Crippen LogP contribution is 1.87. The van der Waals surface area contributed by atoms with Crippen LogP contribution < -0.4 is 5.32 Å². The Morgan fingerprint density at radius 2 is 2.36 bits per heavy atom. The summed E-state index contributed by atoms with van der Waals surface area (Å²) in [7, 11) is 0. The van der Waals surface area contributed by atoms with Gasteiger partial charge in [0.25, 0.3) is 0 Å². The van der Waals surface area contributed by atoms with E-state index in [0.717, 1.165) is 19.3 Å². The van der Waals surface area contributed by atoms with Gasteiger partial charge in [0.05, 0.1) is 0 Å². The van der Waals surface area contributed by atoms with Crippen LogP contribution in [0.2, 0.25) is 0 Å². The molecule has 0 aliphatic rings. The molecule has 0 bridgehead atoms. The fourth-order valence-corrected chi connectivity index (χ4v) is 0.734. The summed E-state index contributed by atoms with van der Waals surface area (Å²) >= 11 is 0. The molecule has 11 heavy (non-hydrogen) atoms. The molecule has 2 heteroatoms. The van der Waals surface area contributed by atoms with Crippen LogP contribution >= 0.6 is 0 Å². The Morgan fingerprint density at radius 3 is 2.91 bits per heavy atom. The topological polar surface area (TPSA) is 29.1 Å². The van der Waals surface area contributed by atoms with Gasteiger partial charge in [-0.1, -0.05) is 6.92 Å². The van der Waals surface area contributed by atoms with Crippen molar-refractivity contribution in [2.24, 2.45) is 0 Å². The van der Waals surface area contributed by atoms with E-state index in [-0.39, 0.29) is 5.91 Å². The first kappa shape index (κ1) is 10.0. The van der Waals surface area contributed by atoms with Crippen molar-refractivity contribution in [3.05, 3.63) is 0 Å². The molecule has 0 spiro atoms. The predicted molar refractivity (Wildman–Crippen MR) is 46.0 cm³/mol. The molecule has 0 aromatic rings. The summed E-state index contributed by atoms with van der Waals surface area (Å²) in [5.74, 6) is 2.65. The first-order valence-electron chi connectivity index (χ1n) is 4.01. The number of hydrogen-bond acceptors (Lipinski definition) is 1. The highest BCUT2D eigenvalue weighted by atomic mass is 16.1. The molecule has 0 radical (unpaired) electrons. The smallest absolute Gasteiger partial charge is 0.219 e. The predicted octanol–water partition coefficient (Wildman–Crippen LogP) is 1.32. The number of carbonyl (C=O) groups is 1. The second kappa shape index (κ2) is 7.14. The summed E-state index contributed by atoms with van der Waals surface area (Å²) in [5, 5.41) is 2.78. The summed E-state index contributed by atoms with van der Waals surface area (Å²) in [4.78, 5) is 10.8.